The first-order valence-corrected chi connectivity index (χ1v) is 10.5. The van der Waals surface area contributed by atoms with Crippen LogP contribution in [0.5, 0.6) is 0 Å². The largest absolute Gasteiger partial charge is 0.381 e. The van der Waals surface area contributed by atoms with Crippen LogP contribution in [0.15, 0.2) is 30.3 Å². The number of nitrogens with zero attached hydrogens (tertiary/aromatic N) is 2. The third-order valence-electron chi connectivity index (χ3n) is 5.86. The van der Waals surface area contributed by atoms with Crippen molar-refractivity contribution >= 4 is 11.8 Å². The first-order valence-electron chi connectivity index (χ1n) is 10.5. The van der Waals surface area contributed by atoms with E-state index in [1.54, 1.807) is 4.90 Å². The molecular weight excluding hydrogens is 354 g/mol. The molecule has 2 aliphatic rings. The number of benzene rings is 1. The maximum Gasteiger partial charge on any atom is 0.237 e. The van der Waals surface area contributed by atoms with E-state index in [1.165, 1.54) is 5.56 Å². The van der Waals surface area contributed by atoms with E-state index >= 15 is 0 Å². The summed E-state index contributed by atoms with van der Waals surface area (Å²) in [6, 6.07) is 10.1. The van der Waals surface area contributed by atoms with Gasteiger partial charge in [-0.05, 0) is 43.7 Å². The van der Waals surface area contributed by atoms with Crippen molar-refractivity contribution in [1.82, 2.24) is 15.1 Å². The first kappa shape index (κ1) is 20.8. The number of amides is 2. The van der Waals surface area contributed by atoms with Gasteiger partial charge in [0.1, 0.15) is 0 Å². The number of nitrogens with one attached hydrogen (secondary N) is 1. The number of carbonyl (C=O) groups excluding carboxylic acids is 2. The van der Waals surface area contributed by atoms with Crippen molar-refractivity contribution in [2.75, 3.05) is 46.4 Å². The molecule has 6 heteroatoms. The molecule has 1 atom stereocenters. The van der Waals surface area contributed by atoms with Gasteiger partial charge in [0.05, 0.1) is 12.5 Å². The molecule has 0 radical (unpaired) electrons. The number of aryl methyl sites for hydroxylation is 1. The molecule has 1 aromatic rings. The van der Waals surface area contributed by atoms with E-state index in [1.807, 2.05) is 13.1 Å². The fraction of sp³-hybridized carbons (Fsp3) is 0.636. The van der Waals surface area contributed by atoms with Crippen molar-refractivity contribution in [2.45, 2.75) is 38.1 Å². The summed E-state index contributed by atoms with van der Waals surface area (Å²) in [6.07, 6.45) is 4.25. The smallest absolute Gasteiger partial charge is 0.237 e. The molecule has 2 heterocycles. The van der Waals surface area contributed by atoms with Crippen LogP contribution in [0.4, 0.5) is 0 Å². The second-order valence-electron chi connectivity index (χ2n) is 7.97. The standard InChI is InChI=1S/C22H33N3O3/c1-24(17-19-9-14-28-15-10-19)21(26)16-20-22(27)23-11-13-25(20)12-5-8-18-6-3-2-4-7-18/h2-4,6-7,19-20H,5,8-17H2,1H3,(H,23,27)/t20-/m0/s1. The van der Waals surface area contributed by atoms with Crippen LogP contribution in [0, 0.1) is 5.92 Å². The maximum atomic E-state index is 12.8. The highest BCUT2D eigenvalue weighted by molar-refractivity contribution is 5.88. The molecule has 1 aromatic carbocycles. The van der Waals surface area contributed by atoms with E-state index in [2.05, 4.69) is 34.5 Å². The van der Waals surface area contributed by atoms with Crippen LogP contribution < -0.4 is 5.32 Å². The second-order valence-corrected chi connectivity index (χ2v) is 7.97. The minimum Gasteiger partial charge on any atom is -0.381 e. The Morgan fingerprint density at radius 2 is 2.00 bits per heavy atom. The quantitative estimate of drug-likeness (QED) is 0.738. The van der Waals surface area contributed by atoms with Crippen LogP contribution in [0.2, 0.25) is 0 Å². The normalized spacial score (nSPS) is 21.3. The Kier molecular flexibility index (Phi) is 7.86. The van der Waals surface area contributed by atoms with E-state index in [-0.39, 0.29) is 24.3 Å². The highest BCUT2D eigenvalue weighted by Gasteiger charge is 2.32. The van der Waals surface area contributed by atoms with Gasteiger partial charge in [-0.15, -0.1) is 0 Å². The molecule has 0 aliphatic carbocycles. The van der Waals surface area contributed by atoms with E-state index in [0.29, 0.717) is 12.5 Å². The minimum atomic E-state index is -0.353. The third kappa shape index (κ3) is 6.04. The van der Waals surface area contributed by atoms with Crippen molar-refractivity contribution in [2.24, 2.45) is 5.92 Å². The second kappa shape index (κ2) is 10.6. The van der Waals surface area contributed by atoms with E-state index in [0.717, 1.165) is 58.5 Å². The molecule has 1 N–H and O–H groups in total. The van der Waals surface area contributed by atoms with Gasteiger partial charge in [0, 0.05) is 39.9 Å². The van der Waals surface area contributed by atoms with Gasteiger partial charge >= 0.3 is 0 Å². The van der Waals surface area contributed by atoms with E-state index < -0.39 is 0 Å². The fourth-order valence-corrected chi connectivity index (χ4v) is 4.12. The Balaban J connectivity index is 1.49. The first-order chi connectivity index (χ1) is 13.6. The summed E-state index contributed by atoms with van der Waals surface area (Å²) < 4.78 is 5.40. The zero-order valence-electron chi connectivity index (χ0n) is 16.9. The van der Waals surface area contributed by atoms with Crippen molar-refractivity contribution in [1.29, 1.82) is 0 Å². The minimum absolute atomic E-state index is 0.0150. The summed E-state index contributed by atoms with van der Waals surface area (Å²) in [6.45, 7) is 4.63. The molecule has 6 nitrogen and oxygen atoms in total. The van der Waals surface area contributed by atoms with Gasteiger partial charge in [0.15, 0.2) is 0 Å². The van der Waals surface area contributed by atoms with Crippen molar-refractivity contribution < 1.29 is 14.3 Å². The van der Waals surface area contributed by atoms with Gasteiger partial charge in [-0.25, -0.2) is 0 Å². The van der Waals surface area contributed by atoms with Crippen LogP contribution in [0.25, 0.3) is 0 Å². The molecule has 28 heavy (non-hydrogen) atoms. The zero-order chi connectivity index (χ0) is 19.8. The van der Waals surface area contributed by atoms with E-state index in [9.17, 15) is 9.59 Å². The lowest BCUT2D eigenvalue weighted by atomic mass is 9.99. The summed E-state index contributed by atoms with van der Waals surface area (Å²) in [7, 11) is 1.86. The van der Waals surface area contributed by atoms with Gasteiger partial charge in [0.2, 0.25) is 11.8 Å². The zero-order valence-corrected chi connectivity index (χ0v) is 16.9. The lowest BCUT2D eigenvalue weighted by Crippen LogP contribution is -2.56. The maximum absolute atomic E-state index is 12.8. The average molecular weight is 388 g/mol. The Morgan fingerprint density at radius 3 is 2.75 bits per heavy atom. The number of ether oxygens (including phenoxy) is 1. The summed E-state index contributed by atoms with van der Waals surface area (Å²) in [5, 5.41) is 2.93. The molecule has 2 amide bonds. The molecule has 0 bridgehead atoms. The lowest BCUT2D eigenvalue weighted by molar-refractivity contribution is -0.138. The van der Waals surface area contributed by atoms with Gasteiger partial charge in [-0.1, -0.05) is 30.3 Å². The summed E-state index contributed by atoms with van der Waals surface area (Å²) in [4.78, 5) is 29.2. The molecule has 3 rings (SSSR count). The third-order valence-corrected chi connectivity index (χ3v) is 5.86. The number of rotatable bonds is 8. The molecule has 154 valence electrons. The number of hydrogen-bond donors (Lipinski definition) is 1. The average Bonchev–Trinajstić information content (AvgIpc) is 2.72. The molecule has 2 saturated heterocycles. The van der Waals surface area contributed by atoms with Gasteiger partial charge in [-0.2, -0.15) is 0 Å². The van der Waals surface area contributed by atoms with Crippen molar-refractivity contribution in [3.63, 3.8) is 0 Å². The van der Waals surface area contributed by atoms with Crippen LogP contribution >= 0.6 is 0 Å². The molecular formula is C22H33N3O3. The van der Waals surface area contributed by atoms with E-state index in [4.69, 9.17) is 4.74 Å². The van der Waals surface area contributed by atoms with Gasteiger partial charge in [0.25, 0.3) is 0 Å². The summed E-state index contributed by atoms with van der Waals surface area (Å²) in [5.41, 5.74) is 1.31. The molecule has 0 unspecified atom stereocenters. The summed E-state index contributed by atoms with van der Waals surface area (Å²) >= 11 is 0. The number of piperazine rings is 1. The predicted octanol–water partition coefficient (Wildman–Crippen LogP) is 1.69. The highest BCUT2D eigenvalue weighted by atomic mass is 16.5. The van der Waals surface area contributed by atoms with Gasteiger partial charge < -0.3 is 15.0 Å². The van der Waals surface area contributed by atoms with Crippen LogP contribution in [-0.4, -0.2) is 74.1 Å². The van der Waals surface area contributed by atoms with Crippen LogP contribution in [0.3, 0.4) is 0 Å². The Labute approximate surface area is 168 Å². The predicted molar refractivity (Wildman–Crippen MR) is 109 cm³/mol. The van der Waals surface area contributed by atoms with Gasteiger partial charge in [-0.3, -0.25) is 14.5 Å². The number of carbonyl (C=O) groups is 2. The topological polar surface area (TPSA) is 61.9 Å². The summed E-state index contributed by atoms with van der Waals surface area (Å²) in [5.74, 6) is 0.547. The molecule has 0 saturated carbocycles. The lowest BCUT2D eigenvalue weighted by Gasteiger charge is -2.36. The molecule has 2 fully saturated rings. The monoisotopic (exact) mass is 387 g/mol. The Hall–Kier alpha value is -1.92. The van der Waals surface area contributed by atoms with Crippen LogP contribution in [0.1, 0.15) is 31.2 Å². The Morgan fingerprint density at radius 1 is 1.25 bits per heavy atom. The fourth-order valence-electron chi connectivity index (χ4n) is 4.12. The van der Waals surface area contributed by atoms with Crippen molar-refractivity contribution in [3.05, 3.63) is 35.9 Å². The Bertz CT molecular complexity index is 631. The molecule has 0 aromatic heterocycles. The van der Waals surface area contributed by atoms with Crippen LogP contribution in [-0.2, 0) is 20.7 Å². The number of hydrogen-bond acceptors (Lipinski definition) is 4. The molecule has 2 aliphatic heterocycles. The SMILES string of the molecule is CN(CC1CCOCC1)C(=O)C[C@H]1C(=O)NCCN1CCCc1ccccc1. The highest BCUT2D eigenvalue weighted by Crippen LogP contribution is 2.17. The molecule has 0 spiro atoms. The van der Waals surface area contributed by atoms with Crippen molar-refractivity contribution in [3.8, 4) is 0 Å².